The number of nitrogens with zero attached hydrogens (tertiary/aromatic N) is 4. The highest BCUT2D eigenvalue weighted by atomic mass is 32.2. The number of likely N-dealkylation sites (N-methyl/N-ethyl adjacent to an activating group) is 2. The number of thioether (sulfide) groups is 1. The third kappa shape index (κ3) is 5.18. The van der Waals surface area contributed by atoms with E-state index in [1.807, 2.05) is 0 Å². The molecule has 0 saturated carbocycles. The van der Waals surface area contributed by atoms with Crippen LogP contribution in [0.25, 0.3) is 0 Å². The maximum absolute atomic E-state index is 12.9. The van der Waals surface area contributed by atoms with Gasteiger partial charge in [-0.25, -0.2) is 9.07 Å². The molecule has 8 nitrogen and oxygen atoms in total. The number of nitrogens with one attached hydrogen (secondary N) is 1. The highest BCUT2D eigenvalue weighted by Gasteiger charge is 2.16. The molecule has 1 aromatic carbocycles. The summed E-state index contributed by atoms with van der Waals surface area (Å²) in [7, 11) is 3.06. The van der Waals surface area contributed by atoms with Crippen LogP contribution in [0.4, 0.5) is 4.39 Å². The molecule has 0 aliphatic rings. The number of carbonyl (C=O) groups excluding carboxylic acids is 2. The van der Waals surface area contributed by atoms with Crippen LogP contribution in [0.3, 0.4) is 0 Å². The molecule has 0 bridgehead atoms. The summed E-state index contributed by atoms with van der Waals surface area (Å²) in [6.07, 6.45) is 0.398. The molecule has 0 aliphatic carbocycles. The van der Waals surface area contributed by atoms with Crippen LogP contribution in [0.1, 0.15) is 11.4 Å². The van der Waals surface area contributed by atoms with Crippen molar-refractivity contribution in [1.29, 1.82) is 0 Å². The second-order valence-electron chi connectivity index (χ2n) is 5.28. The zero-order valence-corrected chi connectivity index (χ0v) is 14.7. The molecule has 0 unspecified atom stereocenters. The zero-order chi connectivity index (χ0) is 18.4. The summed E-state index contributed by atoms with van der Waals surface area (Å²) >= 11 is 1.13. The van der Waals surface area contributed by atoms with Gasteiger partial charge in [-0.2, -0.15) is 0 Å². The fourth-order valence-electron chi connectivity index (χ4n) is 1.93. The number of aromatic nitrogens is 3. The van der Waals surface area contributed by atoms with Gasteiger partial charge in [0.25, 0.3) is 0 Å². The van der Waals surface area contributed by atoms with Gasteiger partial charge in [0, 0.05) is 20.5 Å². The molecule has 1 heterocycles. The smallest absolute Gasteiger partial charge is 0.239 e. The number of hydrogen-bond donors (Lipinski definition) is 2. The standard InChI is InChI=1S/C15H19FN6O2S/c1-18-13(23)8-21(2)14(24)9-25-15-20-19-12(22(15)17)7-10-3-5-11(16)6-4-10/h3-6H,7-9,17H2,1-2H3,(H,18,23). The van der Waals surface area contributed by atoms with Crippen LogP contribution >= 0.6 is 11.8 Å². The maximum atomic E-state index is 12.9. The van der Waals surface area contributed by atoms with Crippen molar-refractivity contribution in [2.24, 2.45) is 0 Å². The van der Waals surface area contributed by atoms with E-state index in [0.29, 0.717) is 17.4 Å². The molecule has 0 aliphatic heterocycles. The summed E-state index contributed by atoms with van der Waals surface area (Å²) < 4.78 is 14.2. The van der Waals surface area contributed by atoms with Crippen molar-refractivity contribution in [1.82, 2.24) is 25.1 Å². The third-order valence-electron chi connectivity index (χ3n) is 3.42. The molecule has 2 amide bonds. The predicted molar refractivity (Wildman–Crippen MR) is 91.8 cm³/mol. The van der Waals surface area contributed by atoms with Crippen molar-refractivity contribution < 1.29 is 14.0 Å². The lowest BCUT2D eigenvalue weighted by atomic mass is 10.1. The Labute approximate surface area is 148 Å². The van der Waals surface area contributed by atoms with Gasteiger partial charge in [0.15, 0.2) is 5.82 Å². The first kappa shape index (κ1) is 18.7. The first-order valence-electron chi connectivity index (χ1n) is 7.42. The summed E-state index contributed by atoms with van der Waals surface area (Å²) in [5.41, 5.74) is 0.846. The minimum atomic E-state index is -0.311. The maximum Gasteiger partial charge on any atom is 0.239 e. The van der Waals surface area contributed by atoms with Gasteiger partial charge in [-0.3, -0.25) is 9.59 Å². The molecule has 3 N–H and O–H groups in total. The molecule has 1 aromatic heterocycles. The van der Waals surface area contributed by atoms with Gasteiger partial charge >= 0.3 is 0 Å². The van der Waals surface area contributed by atoms with E-state index in [1.54, 1.807) is 19.2 Å². The first-order valence-corrected chi connectivity index (χ1v) is 8.40. The Hall–Kier alpha value is -2.62. The number of halogens is 1. The molecule has 2 rings (SSSR count). The SMILES string of the molecule is CNC(=O)CN(C)C(=O)CSc1nnc(Cc2ccc(F)cc2)n1N. The minimum Gasteiger partial charge on any atom is -0.358 e. The van der Waals surface area contributed by atoms with Crippen LogP contribution < -0.4 is 11.2 Å². The van der Waals surface area contributed by atoms with Gasteiger partial charge in [-0.05, 0) is 17.7 Å². The van der Waals surface area contributed by atoms with E-state index in [9.17, 15) is 14.0 Å². The Morgan fingerprint density at radius 1 is 1.32 bits per heavy atom. The number of benzene rings is 1. The quantitative estimate of drug-likeness (QED) is 0.529. The van der Waals surface area contributed by atoms with Crippen molar-refractivity contribution in [2.45, 2.75) is 11.6 Å². The largest absolute Gasteiger partial charge is 0.358 e. The number of nitrogens with two attached hydrogens (primary N) is 1. The third-order valence-corrected chi connectivity index (χ3v) is 4.35. The lowest BCUT2D eigenvalue weighted by Gasteiger charge is -2.15. The predicted octanol–water partition coefficient (Wildman–Crippen LogP) is 0.0183. The lowest BCUT2D eigenvalue weighted by Crippen LogP contribution is -2.37. The monoisotopic (exact) mass is 366 g/mol. The van der Waals surface area contributed by atoms with Gasteiger partial charge in [-0.15, -0.1) is 10.2 Å². The molecule has 0 spiro atoms. The van der Waals surface area contributed by atoms with Crippen LogP contribution in [0.15, 0.2) is 29.4 Å². The van der Waals surface area contributed by atoms with Gasteiger partial charge < -0.3 is 16.1 Å². The molecular formula is C15H19FN6O2S. The van der Waals surface area contributed by atoms with Gasteiger partial charge in [0.1, 0.15) is 5.82 Å². The number of amides is 2. The highest BCUT2D eigenvalue weighted by Crippen LogP contribution is 2.17. The van der Waals surface area contributed by atoms with Crippen molar-refractivity contribution in [3.8, 4) is 0 Å². The summed E-state index contributed by atoms with van der Waals surface area (Å²) in [6, 6.07) is 6.02. The molecule has 0 radical (unpaired) electrons. The Balaban J connectivity index is 1.93. The summed E-state index contributed by atoms with van der Waals surface area (Å²) in [5, 5.41) is 10.8. The average molecular weight is 366 g/mol. The van der Waals surface area contributed by atoms with E-state index in [0.717, 1.165) is 17.3 Å². The van der Waals surface area contributed by atoms with Crippen molar-refractivity contribution in [3.05, 3.63) is 41.5 Å². The van der Waals surface area contributed by atoms with Crippen LogP contribution in [0, 0.1) is 5.82 Å². The number of hydrogen-bond acceptors (Lipinski definition) is 6. The van der Waals surface area contributed by atoms with Crippen molar-refractivity contribution in [3.63, 3.8) is 0 Å². The van der Waals surface area contributed by atoms with E-state index < -0.39 is 0 Å². The molecule has 134 valence electrons. The normalized spacial score (nSPS) is 10.5. The molecule has 10 heteroatoms. The second-order valence-corrected chi connectivity index (χ2v) is 6.23. The van der Waals surface area contributed by atoms with E-state index in [2.05, 4.69) is 15.5 Å². The Morgan fingerprint density at radius 3 is 2.64 bits per heavy atom. The summed E-state index contributed by atoms with van der Waals surface area (Å²) in [6.45, 7) is -0.0129. The van der Waals surface area contributed by atoms with Gasteiger partial charge in [0.2, 0.25) is 17.0 Å². The van der Waals surface area contributed by atoms with Crippen LogP contribution in [0.5, 0.6) is 0 Å². The van der Waals surface area contributed by atoms with E-state index >= 15 is 0 Å². The molecular weight excluding hydrogens is 347 g/mol. The average Bonchev–Trinajstić information content (AvgIpc) is 2.94. The van der Waals surface area contributed by atoms with Crippen LogP contribution in [-0.2, 0) is 16.0 Å². The topological polar surface area (TPSA) is 106 Å². The Kier molecular flexibility index (Phi) is 6.34. The minimum absolute atomic E-state index is 0.0129. The molecule has 0 fully saturated rings. The highest BCUT2D eigenvalue weighted by molar-refractivity contribution is 7.99. The van der Waals surface area contributed by atoms with Crippen molar-refractivity contribution >= 4 is 23.6 Å². The zero-order valence-electron chi connectivity index (χ0n) is 13.9. The van der Waals surface area contributed by atoms with E-state index in [4.69, 9.17) is 5.84 Å². The molecule has 0 saturated heterocycles. The Bertz CT molecular complexity index is 749. The van der Waals surface area contributed by atoms with Gasteiger partial charge in [0.05, 0.1) is 12.3 Å². The number of rotatable bonds is 7. The molecule has 2 aromatic rings. The fourth-order valence-corrected chi connectivity index (χ4v) is 2.75. The number of carbonyl (C=O) groups is 2. The summed E-state index contributed by atoms with van der Waals surface area (Å²) in [5.74, 6) is 5.75. The molecule has 0 atom stereocenters. The number of nitrogen functional groups attached to an aromatic ring is 1. The molecule has 25 heavy (non-hydrogen) atoms. The van der Waals surface area contributed by atoms with E-state index in [-0.39, 0.29) is 29.9 Å². The summed E-state index contributed by atoms with van der Waals surface area (Å²) in [4.78, 5) is 24.6. The lowest BCUT2D eigenvalue weighted by molar-refractivity contribution is -0.132. The van der Waals surface area contributed by atoms with Crippen LogP contribution in [-0.4, -0.2) is 58.0 Å². The Morgan fingerprint density at radius 2 is 2.00 bits per heavy atom. The second kappa shape index (κ2) is 8.47. The first-order chi connectivity index (χ1) is 11.9. The van der Waals surface area contributed by atoms with Crippen molar-refractivity contribution in [2.75, 3.05) is 32.2 Å². The van der Waals surface area contributed by atoms with Crippen LogP contribution in [0.2, 0.25) is 0 Å². The van der Waals surface area contributed by atoms with Gasteiger partial charge in [-0.1, -0.05) is 23.9 Å². The fraction of sp³-hybridized carbons (Fsp3) is 0.333. The van der Waals surface area contributed by atoms with E-state index in [1.165, 1.54) is 28.8 Å².